The van der Waals surface area contributed by atoms with E-state index in [9.17, 15) is 9.59 Å². The maximum absolute atomic E-state index is 12.1. The summed E-state index contributed by atoms with van der Waals surface area (Å²) in [6.45, 7) is 1.60. The van der Waals surface area contributed by atoms with Crippen LogP contribution in [0.5, 0.6) is 0 Å². The van der Waals surface area contributed by atoms with E-state index in [1.54, 1.807) is 25.1 Å². The molecule has 0 radical (unpaired) electrons. The van der Waals surface area contributed by atoms with Gasteiger partial charge in [0.15, 0.2) is 0 Å². The van der Waals surface area contributed by atoms with Gasteiger partial charge in [-0.3, -0.25) is 0 Å². The molecule has 6 heteroatoms. The number of hydrogen-bond acceptors (Lipinski definition) is 6. The molecule has 0 amide bonds. The lowest BCUT2D eigenvalue weighted by Crippen LogP contribution is -2.10. The van der Waals surface area contributed by atoms with Crippen LogP contribution >= 0.6 is 0 Å². The number of esters is 2. The molecule has 1 aromatic heterocycles. The van der Waals surface area contributed by atoms with Gasteiger partial charge in [-0.25, -0.2) is 9.59 Å². The highest BCUT2D eigenvalue weighted by Crippen LogP contribution is 2.18. The third-order valence-electron chi connectivity index (χ3n) is 3.32. The minimum Gasteiger partial charge on any atom is -0.465 e. The maximum Gasteiger partial charge on any atom is 0.341 e. The Bertz CT molecular complexity index is 718. The summed E-state index contributed by atoms with van der Waals surface area (Å²) in [6, 6.07) is 8.64. The lowest BCUT2D eigenvalue weighted by molar-refractivity contribution is 0.0444. The second kappa shape index (κ2) is 7.00. The maximum atomic E-state index is 12.1. The summed E-state index contributed by atoms with van der Waals surface area (Å²) >= 11 is 0. The first kappa shape index (κ1) is 16.6. The smallest absolute Gasteiger partial charge is 0.341 e. The van der Waals surface area contributed by atoms with Crippen molar-refractivity contribution in [3.63, 3.8) is 0 Å². The number of hydrogen-bond donors (Lipinski definition) is 0. The molecule has 23 heavy (non-hydrogen) atoms. The Labute approximate surface area is 134 Å². The van der Waals surface area contributed by atoms with Crippen LogP contribution in [0.15, 0.2) is 34.7 Å². The van der Waals surface area contributed by atoms with Crippen LogP contribution in [0, 0.1) is 6.92 Å². The molecule has 0 bridgehead atoms. The summed E-state index contributed by atoms with van der Waals surface area (Å²) in [5.74, 6) is -0.123. The van der Waals surface area contributed by atoms with Crippen LogP contribution in [0.4, 0.5) is 5.69 Å². The van der Waals surface area contributed by atoms with Gasteiger partial charge in [0.1, 0.15) is 23.7 Å². The van der Waals surface area contributed by atoms with Gasteiger partial charge in [-0.1, -0.05) is 6.07 Å². The zero-order valence-electron chi connectivity index (χ0n) is 13.6. The summed E-state index contributed by atoms with van der Waals surface area (Å²) in [6.07, 6.45) is 0. The zero-order valence-corrected chi connectivity index (χ0v) is 13.6. The fourth-order valence-corrected chi connectivity index (χ4v) is 2.06. The molecular weight excluding hydrogens is 298 g/mol. The first-order chi connectivity index (χ1) is 10.9. The Morgan fingerprint density at radius 1 is 1.17 bits per heavy atom. The Balaban J connectivity index is 2.05. The van der Waals surface area contributed by atoms with Crippen molar-refractivity contribution in [1.29, 1.82) is 0 Å². The molecule has 0 aliphatic heterocycles. The highest BCUT2D eigenvalue weighted by Gasteiger charge is 2.17. The third kappa shape index (κ3) is 3.91. The molecule has 0 saturated heterocycles. The fourth-order valence-electron chi connectivity index (χ4n) is 2.06. The Morgan fingerprint density at radius 3 is 2.57 bits per heavy atom. The Kier molecular flexibility index (Phi) is 5.05. The van der Waals surface area contributed by atoms with Crippen LogP contribution in [0.2, 0.25) is 0 Å². The molecule has 0 unspecified atom stereocenters. The van der Waals surface area contributed by atoms with Crippen LogP contribution in [0.25, 0.3) is 0 Å². The van der Waals surface area contributed by atoms with Crippen molar-refractivity contribution in [2.24, 2.45) is 0 Å². The second-order valence-corrected chi connectivity index (χ2v) is 5.20. The number of ether oxygens (including phenoxy) is 2. The van der Waals surface area contributed by atoms with Crippen LogP contribution in [-0.4, -0.2) is 33.1 Å². The van der Waals surface area contributed by atoms with Crippen LogP contribution in [-0.2, 0) is 16.1 Å². The Morgan fingerprint density at radius 2 is 1.91 bits per heavy atom. The van der Waals surface area contributed by atoms with Crippen molar-refractivity contribution in [2.45, 2.75) is 13.5 Å². The van der Waals surface area contributed by atoms with Crippen LogP contribution < -0.4 is 4.90 Å². The van der Waals surface area contributed by atoms with E-state index >= 15 is 0 Å². The molecule has 2 aromatic rings. The van der Waals surface area contributed by atoms with Gasteiger partial charge in [0.25, 0.3) is 0 Å². The Hall–Kier alpha value is -2.76. The number of benzene rings is 1. The molecule has 6 nitrogen and oxygen atoms in total. The van der Waals surface area contributed by atoms with Crippen molar-refractivity contribution < 1.29 is 23.5 Å². The first-order valence-electron chi connectivity index (χ1n) is 7.04. The normalized spacial score (nSPS) is 10.3. The number of nitrogens with zero attached hydrogens (tertiary/aromatic N) is 1. The van der Waals surface area contributed by atoms with E-state index in [4.69, 9.17) is 9.15 Å². The highest BCUT2D eigenvalue weighted by molar-refractivity contribution is 5.91. The van der Waals surface area contributed by atoms with E-state index in [-0.39, 0.29) is 6.61 Å². The van der Waals surface area contributed by atoms with Crippen LogP contribution in [0.1, 0.15) is 32.2 Å². The second-order valence-electron chi connectivity index (χ2n) is 5.20. The third-order valence-corrected chi connectivity index (χ3v) is 3.32. The molecule has 122 valence electrons. The SMILES string of the molecule is COC(=O)c1cc(COC(=O)c2cccc(N(C)C)c2)oc1C. The van der Waals surface area contributed by atoms with E-state index in [1.807, 2.05) is 25.1 Å². The summed E-state index contributed by atoms with van der Waals surface area (Å²) in [5, 5.41) is 0. The summed E-state index contributed by atoms with van der Waals surface area (Å²) in [4.78, 5) is 25.5. The van der Waals surface area contributed by atoms with Gasteiger partial charge in [-0.05, 0) is 31.2 Å². The summed E-state index contributed by atoms with van der Waals surface area (Å²) < 4.78 is 15.3. The number of methoxy groups -OCH3 is 1. The largest absolute Gasteiger partial charge is 0.465 e. The molecule has 0 fully saturated rings. The number of carbonyl (C=O) groups excluding carboxylic acids is 2. The molecule has 0 N–H and O–H groups in total. The van der Waals surface area contributed by atoms with Crippen LogP contribution in [0.3, 0.4) is 0 Å². The van der Waals surface area contributed by atoms with E-state index in [2.05, 4.69) is 4.74 Å². The van der Waals surface area contributed by atoms with E-state index in [1.165, 1.54) is 13.2 Å². The standard InChI is InChI=1S/C17H19NO5/c1-11-15(17(20)21-4)9-14(23-11)10-22-16(19)12-6-5-7-13(8-12)18(2)3/h5-9H,10H2,1-4H3. The number of furan rings is 1. The molecular formula is C17H19NO5. The number of aryl methyl sites for hydroxylation is 1. The molecule has 0 aliphatic carbocycles. The molecule has 0 saturated carbocycles. The van der Waals surface area contributed by atoms with Crippen molar-refractivity contribution in [2.75, 3.05) is 26.1 Å². The molecule has 0 atom stereocenters. The fraction of sp³-hybridized carbons (Fsp3) is 0.294. The first-order valence-corrected chi connectivity index (χ1v) is 7.04. The van der Waals surface area contributed by atoms with Gasteiger partial charge in [0, 0.05) is 19.8 Å². The highest BCUT2D eigenvalue weighted by atomic mass is 16.5. The van der Waals surface area contributed by atoms with Crippen molar-refractivity contribution >= 4 is 17.6 Å². The van der Waals surface area contributed by atoms with E-state index < -0.39 is 11.9 Å². The van der Waals surface area contributed by atoms with Crippen molar-refractivity contribution in [3.05, 3.63) is 53.0 Å². The molecule has 1 aromatic carbocycles. The van der Waals surface area contributed by atoms with Crippen molar-refractivity contribution in [3.8, 4) is 0 Å². The molecule has 0 spiro atoms. The average Bonchev–Trinajstić information content (AvgIpc) is 2.92. The van der Waals surface area contributed by atoms with Gasteiger partial charge in [0.05, 0.1) is 12.7 Å². The van der Waals surface area contributed by atoms with Gasteiger partial charge < -0.3 is 18.8 Å². The monoisotopic (exact) mass is 317 g/mol. The zero-order chi connectivity index (χ0) is 17.0. The van der Waals surface area contributed by atoms with Crippen molar-refractivity contribution in [1.82, 2.24) is 0 Å². The average molecular weight is 317 g/mol. The quantitative estimate of drug-likeness (QED) is 0.790. The summed E-state index contributed by atoms with van der Waals surface area (Å²) in [5.41, 5.74) is 1.68. The lowest BCUT2D eigenvalue weighted by atomic mass is 10.2. The lowest BCUT2D eigenvalue weighted by Gasteiger charge is -2.13. The topological polar surface area (TPSA) is 69.0 Å². The van der Waals surface area contributed by atoms with E-state index in [0.717, 1.165) is 5.69 Å². The minimum absolute atomic E-state index is 0.0527. The van der Waals surface area contributed by atoms with Gasteiger partial charge in [-0.15, -0.1) is 0 Å². The molecule has 0 aliphatic rings. The van der Waals surface area contributed by atoms with Gasteiger partial charge in [-0.2, -0.15) is 0 Å². The number of rotatable bonds is 5. The number of anilines is 1. The minimum atomic E-state index is -0.484. The van der Waals surface area contributed by atoms with Gasteiger partial charge in [0.2, 0.25) is 0 Å². The summed E-state index contributed by atoms with van der Waals surface area (Å²) in [7, 11) is 5.08. The number of carbonyl (C=O) groups is 2. The predicted molar refractivity (Wildman–Crippen MR) is 84.7 cm³/mol. The molecule has 1 heterocycles. The van der Waals surface area contributed by atoms with E-state index in [0.29, 0.717) is 22.6 Å². The predicted octanol–water partition coefficient (Wildman–Crippen LogP) is 2.80. The van der Waals surface area contributed by atoms with Gasteiger partial charge >= 0.3 is 11.9 Å². The molecule has 2 rings (SSSR count).